The van der Waals surface area contributed by atoms with Gasteiger partial charge in [0.15, 0.2) is 0 Å². The Hall–Kier alpha value is -3.42. The van der Waals surface area contributed by atoms with Crippen LogP contribution in [0.1, 0.15) is 32.6 Å². The number of H-pyrrole nitrogens is 1. The zero-order valence-corrected chi connectivity index (χ0v) is 17.5. The number of hydrogen-bond acceptors (Lipinski definition) is 5. The molecule has 0 bridgehead atoms. The van der Waals surface area contributed by atoms with Crippen LogP contribution in [0.25, 0.3) is 27.7 Å². The number of carbonyl (C=O) groups excluding carboxylic acids is 1. The fourth-order valence-corrected chi connectivity index (χ4v) is 5.28. The monoisotopic (exact) mass is 415 g/mol. The number of piperidine rings is 1. The van der Waals surface area contributed by atoms with E-state index in [4.69, 9.17) is 4.98 Å². The van der Waals surface area contributed by atoms with Gasteiger partial charge in [-0.15, -0.1) is 0 Å². The first-order valence-corrected chi connectivity index (χ1v) is 10.9. The highest BCUT2D eigenvalue weighted by molar-refractivity contribution is 5.94. The Labute approximate surface area is 179 Å². The number of hydrogen-bond donors (Lipinski definition) is 2. The number of nitrogens with one attached hydrogen (secondary N) is 2. The normalized spacial score (nSPS) is 18.5. The second-order valence-corrected chi connectivity index (χ2v) is 9.03. The first-order chi connectivity index (χ1) is 15.1. The molecule has 0 atom stereocenters. The average molecular weight is 416 g/mol. The molecule has 4 aromatic rings. The van der Waals surface area contributed by atoms with Gasteiger partial charge in [-0.05, 0) is 54.9 Å². The van der Waals surface area contributed by atoms with Gasteiger partial charge in [0.25, 0.3) is 0 Å². The van der Waals surface area contributed by atoms with Crippen LogP contribution in [0.15, 0.2) is 43.0 Å². The largest absolute Gasteiger partial charge is 0.351 e. The summed E-state index contributed by atoms with van der Waals surface area (Å²) >= 11 is 0. The lowest BCUT2D eigenvalue weighted by Gasteiger charge is -2.52. The summed E-state index contributed by atoms with van der Waals surface area (Å²) < 4.78 is 1.85. The molecule has 0 radical (unpaired) electrons. The Bertz CT molecular complexity index is 1270. The Morgan fingerprint density at radius 3 is 2.90 bits per heavy atom. The molecule has 4 aromatic heterocycles. The van der Waals surface area contributed by atoms with Gasteiger partial charge in [-0.2, -0.15) is 10.1 Å². The van der Waals surface area contributed by atoms with E-state index in [1.807, 2.05) is 34.1 Å². The molecule has 6 rings (SSSR count). The molecule has 1 spiro atoms. The number of aromatic amines is 1. The molecule has 0 unspecified atom stereocenters. The van der Waals surface area contributed by atoms with Gasteiger partial charge in [0, 0.05) is 61.8 Å². The minimum atomic E-state index is 0.195. The predicted octanol–water partition coefficient (Wildman–Crippen LogP) is 3.48. The lowest BCUT2D eigenvalue weighted by Crippen LogP contribution is -2.52. The van der Waals surface area contributed by atoms with Crippen molar-refractivity contribution >= 4 is 28.4 Å². The SMILES string of the molecule is CC(=O)N1CCC2(CC1)CC(Nc1ncc3c(-c4ccn5nccc5c4)c[nH]c3n1)C2. The molecule has 1 amide bonds. The van der Waals surface area contributed by atoms with Gasteiger partial charge in [-0.25, -0.2) is 9.50 Å². The summed E-state index contributed by atoms with van der Waals surface area (Å²) in [6.07, 6.45) is 12.1. The molecule has 2 N–H and O–H groups in total. The highest BCUT2D eigenvalue weighted by Gasteiger charge is 2.46. The van der Waals surface area contributed by atoms with E-state index in [1.54, 1.807) is 13.1 Å². The average Bonchev–Trinajstić information content (AvgIpc) is 3.39. The number of fused-ring (bicyclic) bond motifs is 2. The summed E-state index contributed by atoms with van der Waals surface area (Å²) in [6.45, 7) is 3.44. The van der Waals surface area contributed by atoms with Crippen LogP contribution in [0.5, 0.6) is 0 Å². The van der Waals surface area contributed by atoms with Crippen molar-refractivity contribution in [3.63, 3.8) is 0 Å². The van der Waals surface area contributed by atoms with Crippen molar-refractivity contribution in [3.05, 3.63) is 43.0 Å². The van der Waals surface area contributed by atoms with Crippen LogP contribution in [0.2, 0.25) is 0 Å². The summed E-state index contributed by atoms with van der Waals surface area (Å²) in [5, 5.41) is 8.78. The minimum Gasteiger partial charge on any atom is -0.351 e. The Kier molecular flexibility index (Phi) is 4.03. The van der Waals surface area contributed by atoms with Crippen LogP contribution in [0.4, 0.5) is 5.95 Å². The minimum absolute atomic E-state index is 0.195. The van der Waals surface area contributed by atoms with E-state index in [2.05, 4.69) is 32.5 Å². The second-order valence-electron chi connectivity index (χ2n) is 9.03. The number of aromatic nitrogens is 5. The molecule has 1 saturated heterocycles. The first-order valence-electron chi connectivity index (χ1n) is 10.9. The van der Waals surface area contributed by atoms with Crippen molar-refractivity contribution in [1.29, 1.82) is 0 Å². The van der Waals surface area contributed by atoms with E-state index >= 15 is 0 Å². The maximum atomic E-state index is 11.6. The third kappa shape index (κ3) is 3.13. The number of rotatable bonds is 3. The molecular weight excluding hydrogens is 390 g/mol. The van der Waals surface area contributed by atoms with Gasteiger partial charge in [0.2, 0.25) is 11.9 Å². The van der Waals surface area contributed by atoms with Crippen LogP contribution in [-0.2, 0) is 4.79 Å². The first kappa shape index (κ1) is 18.4. The number of carbonyl (C=O) groups is 1. The topological polar surface area (TPSA) is 91.2 Å². The van der Waals surface area contributed by atoms with Crippen molar-refractivity contribution in [2.75, 3.05) is 18.4 Å². The fraction of sp³-hybridized carbons (Fsp3) is 0.391. The molecule has 158 valence electrons. The smallest absolute Gasteiger partial charge is 0.224 e. The zero-order chi connectivity index (χ0) is 21.0. The van der Waals surface area contributed by atoms with Gasteiger partial charge in [-0.1, -0.05) is 0 Å². The number of anilines is 1. The van der Waals surface area contributed by atoms with Crippen LogP contribution in [0.3, 0.4) is 0 Å². The van der Waals surface area contributed by atoms with E-state index in [1.165, 1.54) is 0 Å². The van der Waals surface area contributed by atoms with Crippen LogP contribution >= 0.6 is 0 Å². The van der Waals surface area contributed by atoms with Gasteiger partial charge in [0.05, 0.1) is 5.52 Å². The molecule has 31 heavy (non-hydrogen) atoms. The highest BCUT2D eigenvalue weighted by Crippen LogP contribution is 2.49. The third-order valence-corrected chi connectivity index (χ3v) is 7.10. The molecule has 1 aliphatic carbocycles. The quantitative estimate of drug-likeness (QED) is 0.535. The fourth-order valence-electron chi connectivity index (χ4n) is 5.28. The third-order valence-electron chi connectivity index (χ3n) is 7.10. The Morgan fingerprint density at radius 1 is 1.26 bits per heavy atom. The molecular formula is C23H25N7O. The summed E-state index contributed by atoms with van der Waals surface area (Å²) in [6, 6.07) is 6.57. The number of likely N-dealkylation sites (tertiary alicyclic amines) is 1. The molecule has 5 heterocycles. The molecule has 0 aromatic carbocycles. The van der Waals surface area contributed by atoms with Gasteiger partial charge in [-0.3, -0.25) is 4.79 Å². The van der Waals surface area contributed by atoms with E-state index < -0.39 is 0 Å². The van der Waals surface area contributed by atoms with Gasteiger partial charge >= 0.3 is 0 Å². The summed E-state index contributed by atoms with van der Waals surface area (Å²) in [4.78, 5) is 26.1. The van der Waals surface area contributed by atoms with E-state index in [0.29, 0.717) is 17.4 Å². The summed E-state index contributed by atoms with van der Waals surface area (Å²) in [5.41, 5.74) is 4.48. The van der Waals surface area contributed by atoms with E-state index in [0.717, 1.165) is 66.4 Å². The van der Waals surface area contributed by atoms with E-state index in [9.17, 15) is 4.79 Å². The lowest BCUT2D eigenvalue weighted by atomic mass is 9.60. The number of amides is 1. The van der Waals surface area contributed by atoms with Crippen LogP contribution < -0.4 is 5.32 Å². The van der Waals surface area contributed by atoms with Crippen molar-refractivity contribution in [1.82, 2.24) is 29.5 Å². The molecule has 8 nitrogen and oxygen atoms in total. The molecule has 1 saturated carbocycles. The zero-order valence-electron chi connectivity index (χ0n) is 17.5. The van der Waals surface area contributed by atoms with Crippen molar-refractivity contribution < 1.29 is 4.79 Å². The Balaban J connectivity index is 1.15. The van der Waals surface area contributed by atoms with Crippen molar-refractivity contribution in [2.45, 2.75) is 38.6 Å². The second kappa shape index (κ2) is 6.80. The number of nitrogens with zero attached hydrogens (tertiary/aromatic N) is 5. The summed E-state index contributed by atoms with van der Waals surface area (Å²) in [7, 11) is 0. The standard InChI is InChI=1S/C23H25N7O/c1-15(31)29-8-4-23(5-9-29)11-17(12-23)27-22-25-14-20-19(13-24-21(20)28-22)16-3-7-30-18(10-16)2-6-26-30/h2-3,6-7,10,13-14,17H,4-5,8-9,11-12H2,1H3,(H2,24,25,27,28). The van der Waals surface area contributed by atoms with Crippen LogP contribution in [-0.4, -0.2) is 54.5 Å². The van der Waals surface area contributed by atoms with Crippen LogP contribution in [0, 0.1) is 5.41 Å². The summed E-state index contributed by atoms with van der Waals surface area (Å²) in [5.74, 6) is 0.870. The molecule has 1 aliphatic heterocycles. The number of pyridine rings is 1. The molecule has 2 aliphatic rings. The van der Waals surface area contributed by atoms with Gasteiger partial charge < -0.3 is 15.2 Å². The molecule has 8 heteroatoms. The van der Waals surface area contributed by atoms with Gasteiger partial charge in [0.1, 0.15) is 5.65 Å². The molecule has 2 fully saturated rings. The lowest BCUT2D eigenvalue weighted by molar-refractivity contribution is -0.132. The van der Waals surface area contributed by atoms with E-state index in [-0.39, 0.29) is 5.91 Å². The maximum absolute atomic E-state index is 11.6. The van der Waals surface area contributed by atoms with Crippen molar-refractivity contribution in [3.8, 4) is 11.1 Å². The predicted molar refractivity (Wildman–Crippen MR) is 119 cm³/mol. The maximum Gasteiger partial charge on any atom is 0.224 e. The van der Waals surface area contributed by atoms with Crippen molar-refractivity contribution in [2.24, 2.45) is 5.41 Å². The highest BCUT2D eigenvalue weighted by atomic mass is 16.2. The Morgan fingerprint density at radius 2 is 2.10 bits per heavy atom.